The van der Waals surface area contributed by atoms with E-state index in [9.17, 15) is 0 Å². The predicted octanol–water partition coefficient (Wildman–Crippen LogP) is 3.48. The number of likely N-dealkylation sites (tertiary alicyclic amines) is 1. The van der Waals surface area contributed by atoms with Crippen LogP contribution in [0.2, 0.25) is 0 Å². The van der Waals surface area contributed by atoms with Crippen molar-refractivity contribution in [2.45, 2.75) is 25.8 Å². The molecule has 0 bridgehead atoms. The summed E-state index contributed by atoms with van der Waals surface area (Å²) in [5.74, 6) is 1.81. The lowest BCUT2D eigenvalue weighted by Crippen LogP contribution is -2.38. The Hall–Kier alpha value is -1.91. The number of pyridine rings is 1. The van der Waals surface area contributed by atoms with Crippen molar-refractivity contribution >= 4 is 0 Å². The van der Waals surface area contributed by atoms with Gasteiger partial charge in [-0.05, 0) is 69.1 Å². The van der Waals surface area contributed by atoms with Crippen molar-refractivity contribution in [2.24, 2.45) is 5.92 Å². The second kappa shape index (κ2) is 9.70. The van der Waals surface area contributed by atoms with Gasteiger partial charge >= 0.3 is 0 Å². The Morgan fingerprint density at radius 2 is 1.88 bits per heavy atom. The summed E-state index contributed by atoms with van der Waals surface area (Å²) in [5.41, 5.74) is 2.47. The molecule has 1 aliphatic heterocycles. The van der Waals surface area contributed by atoms with Crippen molar-refractivity contribution in [1.29, 1.82) is 0 Å². The molecule has 1 saturated heterocycles. The zero-order valence-electron chi connectivity index (χ0n) is 16.1. The number of para-hydroxylation sites is 1. The van der Waals surface area contributed by atoms with Crippen LogP contribution in [0, 0.1) is 5.92 Å². The highest BCUT2D eigenvalue weighted by atomic mass is 16.5. The summed E-state index contributed by atoms with van der Waals surface area (Å²) in [4.78, 5) is 9.44. The first kappa shape index (κ1) is 18.9. The first-order chi connectivity index (χ1) is 12.7. The van der Waals surface area contributed by atoms with Gasteiger partial charge in [0.15, 0.2) is 0 Å². The maximum Gasteiger partial charge on any atom is 0.122 e. The Labute approximate surface area is 157 Å². The van der Waals surface area contributed by atoms with E-state index in [0.717, 1.165) is 43.4 Å². The summed E-state index contributed by atoms with van der Waals surface area (Å²) < 4.78 is 5.47. The molecule has 0 radical (unpaired) electrons. The SMILES string of the molecule is COc1ccccc1CCN1CCC(CN(C)Cc2ccccn2)CC1. The summed E-state index contributed by atoms with van der Waals surface area (Å²) in [7, 11) is 3.97. The molecule has 4 heteroatoms. The van der Waals surface area contributed by atoms with Gasteiger partial charge in [-0.1, -0.05) is 24.3 Å². The Balaban J connectivity index is 1.38. The molecule has 0 saturated carbocycles. The normalized spacial score (nSPS) is 16.1. The molecule has 4 nitrogen and oxygen atoms in total. The number of rotatable bonds is 8. The molecule has 0 spiro atoms. The minimum atomic E-state index is 0.797. The molecule has 0 atom stereocenters. The summed E-state index contributed by atoms with van der Waals surface area (Å²) in [6.45, 7) is 5.64. The van der Waals surface area contributed by atoms with Crippen LogP contribution < -0.4 is 4.74 Å². The third-order valence-corrected chi connectivity index (χ3v) is 5.32. The van der Waals surface area contributed by atoms with Crippen LogP contribution in [0.25, 0.3) is 0 Å². The number of piperidine rings is 1. The second-order valence-corrected chi connectivity index (χ2v) is 7.36. The van der Waals surface area contributed by atoms with Gasteiger partial charge in [-0.2, -0.15) is 0 Å². The monoisotopic (exact) mass is 353 g/mol. The van der Waals surface area contributed by atoms with Gasteiger partial charge in [0.25, 0.3) is 0 Å². The molecule has 0 aliphatic carbocycles. The molecule has 1 fully saturated rings. The zero-order valence-corrected chi connectivity index (χ0v) is 16.1. The molecule has 2 aromatic rings. The van der Waals surface area contributed by atoms with Crippen LogP contribution >= 0.6 is 0 Å². The summed E-state index contributed by atoms with van der Waals surface area (Å²) in [6.07, 6.45) is 5.52. The minimum absolute atomic E-state index is 0.797. The number of benzene rings is 1. The van der Waals surface area contributed by atoms with Gasteiger partial charge in [0.1, 0.15) is 5.75 Å². The average Bonchev–Trinajstić information content (AvgIpc) is 2.68. The van der Waals surface area contributed by atoms with Gasteiger partial charge in [0.05, 0.1) is 12.8 Å². The van der Waals surface area contributed by atoms with E-state index in [1.54, 1.807) is 7.11 Å². The fraction of sp³-hybridized carbons (Fsp3) is 0.500. The van der Waals surface area contributed by atoms with Crippen LogP contribution in [0.5, 0.6) is 5.75 Å². The number of methoxy groups -OCH3 is 1. The molecule has 0 amide bonds. The quantitative estimate of drug-likeness (QED) is 0.726. The number of hydrogen-bond acceptors (Lipinski definition) is 4. The Morgan fingerprint density at radius 1 is 1.12 bits per heavy atom. The lowest BCUT2D eigenvalue weighted by atomic mass is 9.96. The van der Waals surface area contributed by atoms with Gasteiger partial charge in [0, 0.05) is 25.8 Å². The largest absolute Gasteiger partial charge is 0.496 e. The van der Waals surface area contributed by atoms with E-state index in [0.29, 0.717) is 0 Å². The number of ether oxygens (including phenoxy) is 1. The summed E-state index contributed by atoms with van der Waals surface area (Å²) >= 11 is 0. The number of aromatic nitrogens is 1. The Kier molecular flexibility index (Phi) is 7.04. The molecular formula is C22H31N3O. The summed E-state index contributed by atoms with van der Waals surface area (Å²) in [6, 6.07) is 14.5. The fourth-order valence-corrected chi connectivity index (χ4v) is 3.85. The van der Waals surface area contributed by atoms with Crippen LogP contribution in [-0.4, -0.2) is 55.1 Å². The van der Waals surface area contributed by atoms with E-state index >= 15 is 0 Å². The van der Waals surface area contributed by atoms with Gasteiger partial charge in [-0.25, -0.2) is 0 Å². The van der Waals surface area contributed by atoms with Crippen molar-refractivity contribution in [3.63, 3.8) is 0 Å². The maximum absolute atomic E-state index is 5.47. The van der Waals surface area contributed by atoms with Gasteiger partial charge in [-0.15, -0.1) is 0 Å². The van der Waals surface area contributed by atoms with E-state index in [-0.39, 0.29) is 0 Å². The lowest BCUT2D eigenvalue weighted by molar-refractivity contribution is 0.152. The van der Waals surface area contributed by atoms with Crippen LogP contribution in [0.1, 0.15) is 24.1 Å². The molecule has 1 aliphatic rings. The van der Waals surface area contributed by atoms with Crippen molar-refractivity contribution in [1.82, 2.24) is 14.8 Å². The van der Waals surface area contributed by atoms with Crippen molar-refractivity contribution < 1.29 is 4.74 Å². The maximum atomic E-state index is 5.47. The van der Waals surface area contributed by atoms with E-state index < -0.39 is 0 Å². The third kappa shape index (κ3) is 5.55. The molecule has 2 heterocycles. The molecule has 3 rings (SSSR count). The van der Waals surface area contributed by atoms with Gasteiger partial charge in [-0.3, -0.25) is 4.98 Å². The molecular weight excluding hydrogens is 322 g/mol. The van der Waals surface area contributed by atoms with Crippen molar-refractivity contribution in [3.8, 4) is 5.75 Å². The van der Waals surface area contributed by atoms with Crippen molar-refractivity contribution in [2.75, 3.05) is 40.3 Å². The van der Waals surface area contributed by atoms with Gasteiger partial charge < -0.3 is 14.5 Å². The Morgan fingerprint density at radius 3 is 2.62 bits per heavy atom. The van der Waals surface area contributed by atoms with E-state index in [1.807, 2.05) is 18.3 Å². The van der Waals surface area contributed by atoms with Gasteiger partial charge in [0.2, 0.25) is 0 Å². The average molecular weight is 354 g/mol. The highest BCUT2D eigenvalue weighted by Gasteiger charge is 2.20. The Bertz CT molecular complexity index is 653. The molecule has 1 aromatic carbocycles. The van der Waals surface area contributed by atoms with Crippen molar-refractivity contribution in [3.05, 3.63) is 59.9 Å². The van der Waals surface area contributed by atoms with E-state index in [4.69, 9.17) is 4.74 Å². The standard InChI is InChI=1S/C22H31N3O/c1-24(18-21-8-5-6-13-23-21)17-19-10-14-25(15-11-19)16-12-20-7-3-4-9-22(20)26-2/h3-9,13,19H,10-12,14-18H2,1-2H3. The number of nitrogens with zero attached hydrogens (tertiary/aromatic N) is 3. The van der Waals surface area contributed by atoms with E-state index in [2.05, 4.69) is 52.2 Å². The summed E-state index contributed by atoms with van der Waals surface area (Å²) in [5, 5.41) is 0. The van der Waals surface area contributed by atoms with Crippen LogP contribution in [0.15, 0.2) is 48.7 Å². The minimum Gasteiger partial charge on any atom is -0.496 e. The van der Waals surface area contributed by atoms with Crippen LogP contribution in [0.4, 0.5) is 0 Å². The first-order valence-corrected chi connectivity index (χ1v) is 9.67. The molecule has 140 valence electrons. The van der Waals surface area contributed by atoms with E-state index in [1.165, 1.54) is 31.5 Å². The van der Waals surface area contributed by atoms with Crippen LogP contribution in [-0.2, 0) is 13.0 Å². The molecule has 1 aromatic heterocycles. The number of hydrogen-bond donors (Lipinski definition) is 0. The highest BCUT2D eigenvalue weighted by molar-refractivity contribution is 5.33. The lowest BCUT2D eigenvalue weighted by Gasteiger charge is -2.34. The predicted molar refractivity (Wildman–Crippen MR) is 106 cm³/mol. The first-order valence-electron chi connectivity index (χ1n) is 9.67. The molecule has 0 unspecified atom stereocenters. The molecule has 26 heavy (non-hydrogen) atoms. The third-order valence-electron chi connectivity index (χ3n) is 5.32. The topological polar surface area (TPSA) is 28.6 Å². The zero-order chi connectivity index (χ0) is 18.2. The smallest absolute Gasteiger partial charge is 0.122 e. The second-order valence-electron chi connectivity index (χ2n) is 7.36. The highest BCUT2D eigenvalue weighted by Crippen LogP contribution is 2.21. The fourth-order valence-electron chi connectivity index (χ4n) is 3.85. The molecule has 0 N–H and O–H groups in total. The van der Waals surface area contributed by atoms with Crippen LogP contribution in [0.3, 0.4) is 0 Å².